The Hall–Kier alpha value is -2.79. The fraction of sp³-hybridized carbons (Fsp3) is 0.936. The second kappa shape index (κ2) is 72.2. The van der Waals surface area contributed by atoms with Crippen LogP contribution in [0.4, 0.5) is 0 Å². The van der Waals surface area contributed by atoms with Crippen molar-refractivity contribution in [2.45, 2.75) is 530 Å². The molecule has 2 saturated heterocycles. The second-order valence-electron chi connectivity index (χ2n) is 35.2. The molecule has 2 heterocycles. The number of unbranched alkanes of at least 4 members (excludes halogenated alkanes) is 49. The van der Waals surface area contributed by atoms with E-state index in [1.807, 2.05) is 0 Å². The number of carbonyl (C=O) groups excluding carboxylic acids is 4. The Balaban J connectivity index is 1.90. The van der Waals surface area contributed by atoms with Gasteiger partial charge in [-0.2, -0.15) is 0 Å². The zero-order chi connectivity index (χ0) is 87.6. The fourth-order valence-corrected chi connectivity index (χ4v) is 17.3. The van der Waals surface area contributed by atoms with E-state index in [4.69, 9.17) is 46.9 Å². The summed E-state index contributed by atoms with van der Waals surface area (Å²) in [5, 5.41) is 102. The Bertz CT molecular complexity index is 2550. The Kier molecular flexibility index (Phi) is 67.0. The molecule has 0 radical (unpaired) electrons. The maximum absolute atomic E-state index is 14.9. The maximum atomic E-state index is 14.9. The number of carbonyl (C=O) groups is 4. The molecule has 0 aromatic heterocycles. The Morgan fingerprint density at radius 1 is 0.350 bits per heavy atom. The number of rotatable bonds is 79. The average Bonchev–Trinajstić information content (AvgIpc) is 0.754. The zero-order valence-corrected chi connectivity index (χ0v) is 76.4. The first-order valence-electron chi connectivity index (χ1n) is 48.8. The third-order valence-corrected chi connectivity index (χ3v) is 25.2. The topological polar surface area (TPSA) is 380 Å². The van der Waals surface area contributed by atoms with E-state index in [-0.39, 0.29) is 32.1 Å². The van der Waals surface area contributed by atoms with E-state index >= 15 is 0 Å². The van der Waals surface area contributed by atoms with E-state index < -0.39 is 162 Å². The first kappa shape index (κ1) is 111. The number of esters is 4. The standard InChI is InChI=1S/C94H175O25P/c1-6-10-14-18-22-25-28-31-33-35-38-40-43-46-53-59-65-77(96)110-70-74(113-79(98)67-61-56-50-49-52-58-64-73(5)63-57-51-21-17-13-9-4)71-112-120(108,109)119-92-90(117-93-87(106)83(102)81(100)75(69-95)114-93)86(105)85(104)89(116-80(99)68-62-55-48-45-42-37-30-27-24-20-16-12-8-3)91(92)118-94-88(107)84(103)82(101)76(115-94)72-111-78(97)66-60-54-47-44-41-39-36-34-32-29-26-23-19-15-11-7-2/h37,42,73-76,81-95,100-107H,6-36,38-41,43-72H2,1-5H3,(H,108,109)/b42-37-. The molecular weight excluding hydrogens is 1560 g/mol. The van der Waals surface area contributed by atoms with Crippen molar-refractivity contribution < 1.29 is 122 Å². The van der Waals surface area contributed by atoms with E-state index in [2.05, 4.69) is 46.8 Å². The SMILES string of the molecule is CCCCCCCC/C=C\CCCCCC(=O)OC1C(O)C(O)C(OC2OC(CO)C(O)C(O)C2O)C(OP(=O)(O)OCC(COC(=O)CCCCCCCCCCCCCCCCCC)OC(=O)CCCCCCCCC(C)CCCCCCCC)C1OC1OC(COC(=O)CCCCCCCCCCCCCCCCCC)C(O)C(O)C1O. The third-order valence-electron chi connectivity index (χ3n) is 24.2. The van der Waals surface area contributed by atoms with Gasteiger partial charge in [-0.15, -0.1) is 0 Å². The highest BCUT2D eigenvalue weighted by molar-refractivity contribution is 7.47. The van der Waals surface area contributed by atoms with Crippen molar-refractivity contribution in [1.29, 1.82) is 0 Å². The van der Waals surface area contributed by atoms with Gasteiger partial charge in [-0.1, -0.05) is 361 Å². The van der Waals surface area contributed by atoms with Crippen LogP contribution < -0.4 is 0 Å². The number of allylic oxidation sites excluding steroid dienone is 2. The summed E-state index contributed by atoms with van der Waals surface area (Å²) in [6, 6.07) is 0. The molecule has 0 bridgehead atoms. The number of aliphatic hydroxyl groups excluding tert-OH is 9. The molecule has 120 heavy (non-hydrogen) atoms. The minimum atomic E-state index is -5.81. The van der Waals surface area contributed by atoms with Crippen LogP contribution in [0.25, 0.3) is 0 Å². The van der Waals surface area contributed by atoms with Gasteiger partial charge in [0.05, 0.1) is 13.2 Å². The normalized spacial score (nSPS) is 25.0. The third kappa shape index (κ3) is 51.9. The zero-order valence-electron chi connectivity index (χ0n) is 75.6. The average molecular weight is 1740 g/mol. The van der Waals surface area contributed by atoms with Crippen LogP contribution in [0.3, 0.4) is 0 Å². The largest absolute Gasteiger partial charge is 0.472 e. The van der Waals surface area contributed by atoms with Crippen LogP contribution in [0.1, 0.15) is 426 Å². The Morgan fingerprint density at radius 3 is 1.08 bits per heavy atom. The highest BCUT2D eigenvalue weighted by Gasteiger charge is 2.60. The molecule has 0 aromatic rings. The summed E-state index contributed by atoms with van der Waals surface area (Å²) in [4.78, 5) is 66.6. The molecule has 26 heteroatoms. The van der Waals surface area contributed by atoms with E-state index in [1.165, 1.54) is 205 Å². The van der Waals surface area contributed by atoms with Crippen molar-refractivity contribution in [1.82, 2.24) is 0 Å². The molecule has 0 amide bonds. The molecule has 3 fully saturated rings. The van der Waals surface area contributed by atoms with Gasteiger partial charge in [-0.25, -0.2) is 4.57 Å². The molecule has 706 valence electrons. The molecule has 0 aromatic carbocycles. The van der Waals surface area contributed by atoms with E-state index in [0.29, 0.717) is 38.0 Å². The minimum absolute atomic E-state index is 0.0171. The highest BCUT2D eigenvalue weighted by atomic mass is 31.2. The minimum Gasteiger partial charge on any atom is -0.463 e. The molecule has 3 rings (SSSR count). The van der Waals surface area contributed by atoms with Crippen LogP contribution in [0, 0.1) is 5.92 Å². The molecular formula is C94H175O25P. The smallest absolute Gasteiger partial charge is 0.463 e. The van der Waals surface area contributed by atoms with Gasteiger partial charge in [0.1, 0.15) is 92.6 Å². The first-order chi connectivity index (χ1) is 58.1. The van der Waals surface area contributed by atoms with Crippen molar-refractivity contribution in [3.63, 3.8) is 0 Å². The summed E-state index contributed by atoms with van der Waals surface area (Å²) in [5.41, 5.74) is 0. The van der Waals surface area contributed by atoms with Crippen LogP contribution in [0.2, 0.25) is 0 Å². The lowest BCUT2D eigenvalue weighted by atomic mass is 9.84. The van der Waals surface area contributed by atoms with Crippen molar-refractivity contribution in [3.05, 3.63) is 12.2 Å². The number of ether oxygens (including phenoxy) is 8. The van der Waals surface area contributed by atoms with Crippen molar-refractivity contribution in [2.75, 3.05) is 26.4 Å². The monoisotopic (exact) mass is 1740 g/mol. The predicted octanol–water partition coefficient (Wildman–Crippen LogP) is 18.6. The summed E-state index contributed by atoms with van der Waals surface area (Å²) < 4.78 is 73.6. The lowest BCUT2D eigenvalue weighted by molar-refractivity contribution is -0.360. The number of hydrogen-bond donors (Lipinski definition) is 10. The predicted molar refractivity (Wildman–Crippen MR) is 467 cm³/mol. The van der Waals surface area contributed by atoms with Gasteiger partial charge in [0, 0.05) is 25.7 Å². The van der Waals surface area contributed by atoms with Crippen molar-refractivity contribution in [2.24, 2.45) is 5.92 Å². The quantitative estimate of drug-likeness (QED) is 0.00889. The number of aliphatic hydroxyl groups is 9. The van der Waals surface area contributed by atoms with Gasteiger partial charge in [0.2, 0.25) is 0 Å². The maximum Gasteiger partial charge on any atom is 0.472 e. The summed E-state index contributed by atoms with van der Waals surface area (Å²) in [7, 11) is -5.81. The van der Waals surface area contributed by atoms with Crippen molar-refractivity contribution in [3.8, 4) is 0 Å². The molecule has 19 atom stereocenters. The molecule has 2 aliphatic heterocycles. The summed E-state index contributed by atoms with van der Waals surface area (Å²) in [6.07, 6.45) is 30.6. The Morgan fingerprint density at radius 2 is 0.675 bits per heavy atom. The van der Waals surface area contributed by atoms with Gasteiger partial charge >= 0.3 is 31.7 Å². The molecule has 10 N–H and O–H groups in total. The molecule has 19 unspecified atom stereocenters. The van der Waals surface area contributed by atoms with Crippen LogP contribution in [-0.4, -0.2) is 205 Å². The van der Waals surface area contributed by atoms with Gasteiger partial charge in [0.15, 0.2) is 24.8 Å². The van der Waals surface area contributed by atoms with Crippen LogP contribution >= 0.6 is 7.82 Å². The number of hydrogen-bond acceptors (Lipinski definition) is 24. The van der Waals surface area contributed by atoms with Crippen LogP contribution in [0.5, 0.6) is 0 Å². The first-order valence-corrected chi connectivity index (χ1v) is 50.3. The van der Waals surface area contributed by atoms with E-state index in [0.717, 1.165) is 122 Å². The molecule has 1 saturated carbocycles. The summed E-state index contributed by atoms with van der Waals surface area (Å²) in [5.74, 6) is -2.30. The summed E-state index contributed by atoms with van der Waals surface area (Å²) >= 11 is 0. The number of phosphoric acid groups is 1. The number of phosphoric ester groups is 1. The lowest BCUT2D eigenvalue weighted by Gasteiger charge is -2.50. The van der Waals surface area contributed by atoms with Gasteiger partial charge < -0.3 is 88.7 Å². The molecule has 0 spiro atoms. The van der Waals surface area contributed by atoms with E-state index in [1.54, 1.807) is 0 Å². The fourth-order valence-electron chi connectivity index (χ4n) is 16.3. The van der Waals surface area contributed by atoms with E-state index in [9.17, 15) is 74.6 Å². The van der Waals surface area contributed by atoms with Crippen molar-refractivity contribution >= 4 is 31.7 Å². The molecule has 1 aliphatic carbocycles. The highest BCUT2D eigenvalue weighted by Crippen LogP contribution is 2.49. The Labute approximate surface area is 724 Å². The van der Waals surface area contributed by atoms with Crippen LogP contribution in [-0.2, 0) is 70.7 Å². The molecule has 25 nitrogen and oxygen atoms in total. The van der Waals surface area contributed by atoms with Gasteiger partial charge in [-0.3, -0.25) is 28.2 Å². The van der Waals surface area contributed by atoms with Gasteiger partial charge in [-0.05, 0) is 57.3 Å². The van der Waals surface area contributed by atoms with Crippen LogP contribution in [0.15, 0.2) is 12.2 Å². The summed E-state index contributed by atoms with van der Waals surface area (Å²) in [6.45, 7) is 7.95. The second-order valence-corrected chi connectivity index (χ2v) is 36.6. The lowest BCUT2D eigenvalue weighted by Crippen LogP contribution is -2.70. The molecule has 3 aliphatic rings. The van der Waals surface area contributed by atoms with Gasteiger partial charge in [0.25, 0.3) is 0 Å².